The topological polar surface area (TPSA) is 96.2 Å². The third-order valence-corrected chi connectivity index (χ3v) is 5.80. The summed E-state index contributed by atoms with van der Waals surface area (Å²) in [5.41, 5.74) is 3.64. The quantitative estimate of drug-likeness (QED) is 0.269. The molecule has 0 saturated heterocycles. The van der Waals surface area contributed by atoms with E-state index >= 15 is 0 Å². The molecule has 2 aromatic carbocycles. The summed E-state index contributed by atoms with van der Waals surface area (Å²) in [6.07, 6.45) is 0. The summed E-state index contributed by atoms with van der Waals surface area (Å²) in [5.74, 6) is 6.98. The first-order valence-electron chi connectivity index (χ1n) is 9.24. The fraction of sp³-hybridized carbons (Fsp3) is 0.190. The van der Waals surface area contributed by atoms with E-state index < -0.39 is 12.2 Å². The highest BCUT2D eigenvalue weighted by Crippen LogP contribution is 2.29. The minimum Gasteiger partial charge on any atom is -0.435 e. The molecule has 2 heterocycles. The van der Waals surface area contributed by atoms with Crippen LogP contribution in [0.4, 0.5) is 8.78 Å². The molecular formula is C21H18F2N4O3S. The van der Waals surface area contributed by atoms with Crippen LogP contribution in [0.25, 0.3) is 22.4 Å². The molecule has 2 N–H and O–H groups in total. The van der Waals surface area contributed by atoms with Crippen molar-refractivity contribution in [3.8, 4) is 17.1 Å². The molecule has 0 amide bonds. The number of thioether (sulfide) groups is 1. The molecule has 4 aromatic rings. The van der Waals surface area contributed by atoms with Crippen molar-refractivity contribution in [1.82, 2.24) is 14.9 Å². The molecule has 31 heavy (non-hydrogen) atoms. The lowest BCUT2D eigenvalue weighted by Crippen LogP contribution is -2.11. The van der Waals surface area contributed by atoms with Crippen LogP contribution in [0.1, 0.15) is 16.7 Å². The maximum Gasteiger partial charge on any atom is 0.387 e. The zero-order valence-corrected chi connectivity index (χ0v) is 17.5. The number of aromatic nitrogens is 3. The number of ether oxygens (including phenoxy) is 1. The first kappa shape index (κ1) is 20.9. The van der Waals surface area contributed by atoms with Gasteiger partial charge < -0.3 is 15.0 Å². The van der Waals surface area contributed by atoms with Crippen molar-refractivity contribution in [2.45, 2.75) is 31.4 Å². The molecule has 10 heteroatoms. The van der Waals surface area contributed by atoms with E-state index in [0.717, 1.165) is 22.1 Å². The van der Waals surface area contributed by atoms with E-state index in [4.69, 9.17) is 10.3 Å². The molecule has 0 fully saturated rings. The number of hydrogen-bond donors (Lipinski definition) is 1. The van der Waals surface area contributed by atoms with Gasteiger partial charge in [-0.15, -0.1) is 10.2 Å². The molecule has 0 bridgehead atoms. The Morgan fingerprint density at radius 2 is 1.84 bits per heavy atom. The number of aryl methyl sites for hydroxylation is 2. The van der Waals surface area contributed by atoms with Crippen LogP contribution in [0.15, 0.2) is 56.8 Å². The molecule has 0 saturated carbocycles. The summed E-state index contributed by atoms with van der Waals surface area (Å²) in [6.45, 7) is 1.06. The van der Waals surface area contributed by atoms with E-state index in [2.05, 4.69) is 14.9 Å². The van der Waals surface area contributed by atoms with Crippen LogP contribution in [0, 0.1) is 13.8 Å². The number of nitrogens with two attached hydrogens (primary N) is 1. The number of benzene rings is 2. The van der Waals surface area contributed by atoms with E-state index in [1.54, 1.807) is 12.1 Å². The van der Waals surface area contributed by atoms with Gasteiger partial charge in [0.2, 0.25) is 5.16 Å². The van der Waals surface area contributed by atoms with E-state index in [-0.39, 0.29) is 5.75 Å². The number of halogens is 2. The SMILES string of the molecule is Cc1cc2oc(=O)cc(CSc3nnc(-c4ccc(OC(F)F)cc4)n3N)c2cc1C. The van der Waals surface area contributed by atoms with Gasteiger partial charge in [0.05, 0.1) is 0 Å². The molecule has 0 atom stereocenters. The van der Waals surface area contributed by atoms with Crippen LogP contribution in [-0.2, 0) is 5.75 Å². The Morgan fingerprint density at radius 3 is 2.55 bits per heavy atom. The number of rotatable bonds is 6. The van der Waals surface area contributed by atoms with Crippen LogP contribution in [0.2, 0.25) is 0 Å². The molecule has 2 aromatic heterocycles. The van der Waals surface area contributed by atoms with Crippen molar-refractivity contribution in [2.24, 2.45) is 0 Å². The summed E-state index contributed by atoms with van der Waals surface area (Å²) in [4.78, 5) is 12.0. The van der Waals surface area contributed by atoms with Gasteiger partial charge in [-0.05, 0) is 66.9 Å². The molecular weight excluding hydrogens is 426 g/mol. The second-order valence-electron chi connectivity index (χ2n) is 6.89. The number of alkyl halides is 2. The molecule has 7 nitrogen and oxygen atoms in total. The van der Waals surface area contributed by atoms with Crippen LogP contribution in [0.3, 0.4) is 0 Å². The van der Waals surface area contributed by atoms with Crippen LogP contribution >= 0.6 is 11.8 Å². The molecule has 0 aliphatic rings. The lowest BCUT2D eigenvalue weighted by Gasteiger charge is -2.08. The normalized spacial score (nSPS) is 11.4. The third-order valence-electron chi connectivity index (χ3n) is 4.80. The van der Waals surface area contributed by atoms with Crippen molar-refractivity contribution >= 4 is 22.7 Å². The first-order valence-corrected chi connectivity index (χ1v) is 10.2. The maximum absolute atomic E-state index is 12.3. The van der Waals surface area contributed by atoms with Gasteiger partial charge in [-0.2, -0.15) is 8.78 Å². The van der Waals surface area contributed by atoms with E-state index in [1.807, 2.05) is 26.0 Å². The van der Waals surface area contributed by atoms with Crippen LogP contribution < -0.4 is 16.2 Å². The number of fused-ring (bicyclic) bond motifs is 1. The lowest BCUT2D eigenvalue weighted by molar-refractivity contribution is -0.0498. The van der Waals surface area contributed by atoms with Crippen molar-refractivity contribution in [1.29, 1.82) is 0 Å². The molecule has 0 aliphatic carbocycles. The second-order valence-corrected chi connectivity index (χ2v) is 7.83. The molecule has 0 radical (unpaired) electrons. The number of nitrogens with zero attached hydrogens (tertiary/aromatic N) is 3. The summed E-state index contributed by atoms with van der Waals surface area (Å²) >= 11 is 1.32. The minimum absolute atomic E-state index is 0.0387. The Morgan fingerprint density at radius 1 is 1.13 bits per heavy atom. The lowest BCUT2D eigenvalue weighted by atomic mass is 10.0. The van der Waals surface area contributed by atoms with Gasteiger partial charge in [-0.25, -0.2) is 9.47 Å². The fourth-order valence-electron chi connectivity index (χ4n) is 3.10. The van der Waals surface area contributed by atoms with Gasteiger partial charge in [0.25, 0.3) is 0 Å². The van der Waals surface area contributed by atoms with Gasteiger partial charge in [0, 0.05) is 22.8 Å². The zero-order valence-electron chi connectivity index (χ0n) is 16.6. The van der Waals surface area contributed by atoms with Gasteiger partial charge in [-0.1, -0.05) is 11.8 Å². The standard InChI is InChI=1S/C21H18F2N4O3S/c1-11-7-16-14(9-18(28)30-17(16)8-12(11)2)10-31-21-26-25-19(27(21)24)13-3-5-15(6-4-13)29-20(22)23/h3-9,20H,10,24H2,1-2H3. The van der Waals surface area contributed by atoms with Crippen molar-refractivity contribution in [2.75, 3.05) is 5.84 Å². The summed E-state index contributed by atoms with van der Waals surface area (Å²) in [5, 5.41) is 9.50. The summed E-state index contributed by atoms with van der Waals surface area (Å²) in [7, 11) is 0. The second kappa shape index (κ2) is 8.38. The van der Waals surface area contributed by atoms with Gasteiger partial charge in [-0.3, -0.25) is 0 Å². The smallest absolute Gasteiger partial charge is 0.387 e. The van der Waals surface area contributed by atoms with Gasteiger partial charge >= 0.3 is 12.2 Å². The third kappa shape index (κ3) is 4.38. The highest BCUT2D eigenvalue weighted by Gasteiger charge is 2.15. The maximum atomic E-state index is 12.3. The van der Waals surface area contributed by atoms with E-state index in [1.165, 1.54) is 34.6 Å². The molecule has 160 valence electrons. The molecule has 4 rings (SSSR count). The highest BCUT2D eigenvalue weighted by atomic mass is 32.2. The van der Waals surface area contributed by atoms with Crippen molar-refractivity contribution in [3.05, 3.63) is 69.6 Å². The van der Waals surface area contributed by atoms with Crippen molar-refractivity contribution < 1.29 is 17.9 Å². The Kier molecular flexibility index (Phi) is 5.64. The van der Waals surface area contributed by atoms with Crippen LogP contribution in [-0.4, -0.2) is 21.5 Å². The molecule has 0 unspecified atom stereocenters. The monoisotopic (exact) mass is 444 g/mol. The fourth-order valence-corrected chi connectivity index (χ4v) is 3.95. The zero-order chi connectivity index (χ0) is 22.1. The van der Waals surface area contributed by atoms with Gasteiger partial charge in [0.1, 0.15) is 11.3 Å². The van der Waals surface area contributed by atoms with Gasteiger partial charge in [0.15, 0.2) is 5.82 Å². The van der Waals surface area contributed by atoms with Crippen molar-refractivity contribution in [3.63, 3.8) is 0 Å². The Balaban J connectivity index is 1.57. The Bertz CT molecular complexity index is 1300. The summed E-state index contributed by atoms with van der Waals surface area (Å²) in [6, 6.07) is 11.3. The van der Waals surface area contributed by atoms with Crippen LogP contribution in [0.5, 0.6) is 5.75 Å². The Labute approximate surface area is 179 Å². The minimum atomic E-state index is -2.89. The van der Waals surface area contributed by atoms with E-state index in [0.29, 0.717) is 27.9 Å². The Hall–Kier alpha value is -3.40. The predicted molar refractivity (Wildman–Crippen MR) is 114 cm³/mol. The average molecular weight is 444 g/mol. The molecule has 0 spiro atoms. The predicted octanol–water partition coefficient (Wildman–Crippen LogP) is 4.28. The number of nitrogen functional groups attached to an aromatic ring is 1. The van der Waals surface area contributed by atoms with E-state index in [9.17, 15) is 13.6 Å². The largest absolute Gasteiger partial charge is 0.435 e. The number of hydrogen-bond acceptors (Lipinski definition) is 7. The first-order chi connectivity index (χ1) is 14.8. The summed E-state index contributed by atoms with van der Waals surface area (Å²) < 4.78 is 35.6. The molecule has 0 aliphatic heterocycles. The average Bonchev–Trinajstić information content (AvgIpc) is 3.08. The highest BCUT2D eigenvalue weighted by molar-refractivity contribution is 7.98.